The van der Waals surface area contributed by atoms with Crippen LogP contribution in [0.4, 0.5) is 0 Å². The quantitative estimate of drug-likeness (QED) is 0.869. The molecule has 0 unspecified atom stereocenters. The van der Waals surface area contributed by atoms with E-state index in [0.29, 0.717) is 12.2 Å². The topological polar surface area (TPSA) is 51.0 Å². The molecule has 2 aromatic rings. The molecule has 0 spiro atoms. The number of aromatic nitrogens is 3. The second-order valence-electron chi connectivity index (χ2n) is 5.05. The van der Waals surface area contributed by atoms with Crippen molar-refractivity contribution in [2.45, 2.75) is 13.0 Å². The summed E-state index contributed by atoms with van der Waals surface area (Å²) >= 11 is 1.90. The van der Waals surface area contributed by atoms with Gasteiger partial charge >= 0.3 is 0 Å². The van der Waals surface area contributed by atoms with Gasteiger partial charge in [0.15, 0.2) is 5.69 Å². The average Bonchev–Trinajstić information content (AvgIpc) is 2.81. The first-order valence-corrected chi connectivity index (χ1v) is 8.29. The Labute approximate surface area is 128 Å². The van der Waals surface area contributed by atoms with Gasteiger partial charge in [-0.3, -0.25) is 4.79 Å². The van der Waals surface area contributed by atoms with Crippen molar-refractivity contribution in [2.75, 3.05) is 24.6 Å². The van der Waals surface area contributed by atoms with Gasteiger partial charge in [-0.2, -0.15) is 11.8 Å². The summed E-state index contributed by atoms with van der Waals surface area (Å²) in [7, 11) is 0. The first-order valence-electron chi connectivity index (χ1n) is 7.14. The van der Waals surface area contributed by atoms with Crippen LogP contribution in [0.2, 0.25) is 0 Å². The van der Waals surface area contributed by atoms with E-state index in [1.54, 1.807) is 10.9 Å². The Morgan fingerprint density at radius 3 is 2.90 bits per heavy atom. The summed E-state index contributed by atoms with van der Waals surface area (Å²) in [6.07, 6.45) is 2.79. The number of carbonyl (C=O) groups is 1. The highest BCUT2D eigenvalue weighted by Crippen LogP contribution is 2.12. The van der Waals surface area contributed by atoms with E-state index in [4.69, 9.17) is 0 Å². The highest BCUT2D eigenvalue weighted by atomic mass is 32.2. The first-order chi connectivity index (χ1) is 10.3. The molecule has 6 heteroatoms. The molecule has 1 saturated heterocycles. The van der Waals surface area contributed by atoms with E-state index < -0.39 is 0 Å². The minimum absolute atomic E-state index is 0.00295. The molecule has 0 radical (unpaired) electrons. The van der Waals surface area contributed by atoms with Gasteiger partial charge in [0.1, 0.15) is 0 Å². The Morgan fingerprint density at radius 1 is 1.19 bits per heavy atom. The van der Waals surface area contributed by atoms with Gasteiger partial charge in [-0.15, -0.1) is 5.10 Å². The normalized spacial score (nSPS) is 15.7. The molecule has 21 heavy (non-hydrogen) atoms. The zero-order valence-electron chi connectivity index (χ0n) is 11.8. The average molecular weight is 302 g/mol. The largest absolute Gasteiger partial charge is 0.336 e. The van der Waals surface area contributed by atoms with Gasteiger partial charge < -0.3 is 4.90 Å². The summed E-state index contributed by atoms with van der Waals surface area (Å²) in [6, 6.07) is 10.0. The van der Waals surface area contributed by atoms with Gasteiger partial charge in [-0.1, -0.05) is 35.5 Å². The van der Waals surface area contributed by atoms with E-state index in [1.165, 1.54) is 0 Å². The third-order valence-electron chi connectivity index (χ3n) is 3.45. The van der Waals surface area contributed by atoms with Gasteiger partial charge in [-0.05, 0) is 17.7 Å². The number of benzene rings is 1. The fourth-order valence-electron chi connectivity index (χ4n) is 2.36. The standard InChI is InChI=1S/C15H18N4OS/c20-15(18-7-4-9-21-10-8-18)14-12-19(17-16-14)11-13-5-2-1-3-6-13/h1-3,5-6,12H,4,7-11H2. The number of rotatable bonds is 3. The molecule has 1 amide bonds. The molecule has 1 aliphatic heterocycles. The third-order valence-corrected chi connectivity index (χ3v) is 4.50. The van der Waals surface area contributed by atoms with Crippen molar-refractivity contribution in [3.8, 4) is 0 Å². The molecule has 1 fully saturated rings. The highest BCUT2D eigenvalue weighted by Gasteiger charge is 2.20. The van der Waals surface area contributed by atoms with Gasteiger partial charge in [0.2, 0.25) is 0 Å². The summed E-state index contributed by atoms with van der Waals surface area (Å²) in [5, 5.41) is 8.10. The summed E-state index contributed by atoms with van der Waals surface area (Å²) in [6.45, 7) is 2.25. The van der Waals surface area contributed by atoms with Crippen molar-refractivity contribution in [1.29, 1.82) is 0 Å². The first kappa shape index (κ1) is 14.1. The van der Waals surface area contributed by atoms with Crippen LogP contribution in [-0.2, 0) is 6.54 Å². The van der Waals surface area contributed by atoms with Gasteiger partial charge in [-0.25, -0.2) is 4.68 Å². The van der Waals surface area contributed by atoms with Crippen molar-refractivity contribution in [3.63, 3.8) is 0 Å². The van der Waals surface area contributed by atoms with Gasteiger partial charge in [0.25, 0.3) is 5.91 Å². The van der Waals surface area contributed by atoms with E-state index in [2.05, 4.69) is 10.3 Å². The van der Waals surface area contributed by atoms with E-state index in [9.17, 15) is 4.79 Å². The van der Waals surface area contributed by atoms with Crippen molar-refractivity contribution in [2.24, 2.45) is 0 Å². The van der Waals surface area contributed by atoms with E-state index in [0.717, 1.165) is 36.6 Å². The van der Waals surface area contributed by atoms with Gasteiger partial charge in [0, 0.05) is 18.8 Å². The second kappa shape index (κ2) is 6.76. The van der Waals surface area contributed by atoms with Crippen molar-refractivity contribution in [1.82, 2.24) is 19.9 Å². The van der Waals surface area contributed by atoms with Crippen molar-refractivity contribution >= 4 is 17.7 Å². The van der Waals surface area contributed by atoms with Crippen molar-refractivity contribution < 1.29 is 4.79 Å². The molecule has 2 heterocycles. The van der Waals surface area contributed by atoms with Crippen LogP contribution >= 0.6 is 11.8 Å². The van der Waals surface area contributed by atoms with Crippen LogP contribution in [0, 0.1) is 0 Å². The molecule has 0 saturated carbocycles. The summed E-state index contributed by atoms with van der Waals surface area (Å²) in [4.78, 5) is 14.3. The van der Waals surface area contributed by atoms with Crippen LogP contribution < -0.4 is 0 Å². The summed E-state index contributed by atoms with van der Waals surface area (Å²) in [5.74, 6) is 2.13. The Bertz CT molecular complexity index is 591. The molecular weight excluding hydrogens is 284 g/mol. The van der Waals surface area contributed by atoms with Crippen molar-refractivity contribution in [3.05, 3.63) is 47.8 Å². The number of hydrogen-bond acceptors (Lipinski definition) is 4. The molecule has 1 aromatic carbocycles. The lowest BCUT2D eigenvalue weighted by Crippen LogP contribution is -2.33. The number of carbonyl (C=O) groups excluding carboxylic acids is 1. The summed E-state index contributed by atoms with van der Waals surface area (Å²) < 4.78 is 1.72. The summed E-state index contributed by atoms with van der Waals surface area (Å²) in [5.41, 5.74) is 1.59. The predicted octanol–water partition coefficient (Wildman–Crippen LogP) is 1.91. The molecule has 0 N–H and O–H groups in total. The minimum atomic E-state index is -0.00295. The van der Waals surface area contributed by atoms with Crippen LogP contribution in [-0.4, -0.2) is 50.4 Å². The number of nitrogens with zero attached hydrogens (tertiary/aromatic N) is 4. The van der Waals surface area contributed by atoms with Crippen LogP contribution in [0.1, 0.15) is 22.5 Å². The third kappa shape index (κ3) is 3.64. The molecular formula is C15H18N4OS. The molecule has 0 atom stereocenters. The Kier molecular flexibility index (Phi) is 4.55. The zero-order valence-corrected chi connectivity index (χ0v) is 12.6. The van der Waals surface area contributed by atoms with E-state index >= 15 is 0 Å². The number of hydrogen-bond donors (Lipinski definition) is 0. The van der Waals surface area contributed by atoms with E-state index in [-0.39, 0.29) is 5.91 Å². The Hall–Kier alpha value is -1.82. The van der Waals surface area contributed by atoms with Crippen LogP contribution in [0.5, 0.6) is 0 Å². The molecule has 110 valence electrons. The van der Waals surface area contributed by atoms with Gasteiger partial charge in [0.05, 0.1) is 12.7 Å². The molecule has 1 aromatic heterocycles. The zero-order chi connectivity index (χ0) is 14.5. The lowest BCUT2D eigenvalue weighted by molar-refractivity contribution is 0.0762. The number of thioether (sulfide) groups is 1. The predicted molar refractivity (Wildman–Crippen MR) is 83.4 cm³/mol. The maximum absolute atomic E-state index is 12.4. The van der Waals surface area contributed by atoms with Crippen LogP contribution in [0.15, 0.2) is 36.5 Å². The molecule has 0 aliphatic carbocycles. The monoisotopic (exact) mass is 302 g/mol. The van der Waals surface area contributed by atoms with Crippen LogP contribution in [0.3, 0.4) is 0 Å². The van der Waals surface area contributed by atoms with E-state index in [1.807, 2.05) is 47.0 Å². The smallest absolute Gasteiger partial charge is 0.276 e. The number of amides is 1. The molecule has 5 nitrogen and oxygen atoms in total. The fraction of sp³-hybridized carbons (Fsp3) is 0.400. The maximum atomic E-state index is 12.4. The molecule has 0 bridgehead atoms. The Morgan fingerprint density at radius 2 is 2.05 bits per heavy atom. The lowest BCUT2D eigenvalue weighted by atomic mass is 10.2. The minimum Gasteiger partial charge on any atom is -0.336 e. The van der Waals surface area contributed by atoms with Crippen LogP contribution in [0.25, 0.3) is 0 Å². The maximum Gasteiger partial charge on any atom is 0.276 e. The Balaban J connectivity index is 1.67. The molecule has 1 aliphatic rings. The SMILES string of the molecule is O=C(c1cn(Cc2ccccc2)nn1)N1CCCSCC1. The second-order valence-corrected chi connectivity index (χ2v) is 6.27. The fourth-order valence-corrected chi connectivity index (χ4v) is 3.24. The molecule has 3 rings (SSSR count). The lowest BCUT2D eigenvalue weighted by Gasteiger charge is -2.18. The highest BCUT2D eigenvalue weighted by molar-refractivity contribution is 7.99.